The van der Waals surface area contributed by atoms with Crippen LogP contribution in [0.3, 0.4) is 0 Å². The summed E-state index contributed by atoms with van der Waals surface area (Å²) in [6.45, 7) is 3.41. The number of rotatable bonds is 3. The van der Waals surface area contributed by atoms with E-state index in [0.717, 1.165) is 32.4 Å². The summed E-state index contributed by atoms with van der Waals surface area (Å²) in [6, 6.07) is 0.244. The topological polar surface area (TPSA) is 69.7 Å². The molecule has 0 spiro atoms. The number of piperidine rings is 1. The zero-order chi connectivity index (χ0) is 9.90. The Morgan fingerprint density at radius 3 is 2.38 bits per heavy atom. The lowest BCUT2D eigenvalue weighted by Crippen LogP contribution is -2.41. The van der Waals surface area contributed by atoms with Gasteiger partial charge in [0.05, 0.1) is 5.75 Å². The number of hydrogen-bond donors (Lipinski definition) is 3. The Bertz CT molecular complexity index is 158. The van der Waals surface area contributed by atoms with Gasteiger partial charge in [0.15, 0.2) is 0 Å². The van der Waals surface area contributed by atoms with Crippen LogP contribution in [-0.2, 0) is 0 Å². The van der Waals surface area contributed by atoms with Crippen LogP contribution in [0.15, 0.2) is 0 Å². The first-order valence-corrected chi connectivity index (χ1v) is 6.50. The molecular formula is C8H20N2O2S. The summed E-state index contributed by atoms with van der Waals surface area (Å²) in [4.78, 5) is 0. The van der Waals surface area contributed by atoms with Crippen LogP contribution in [0.2, 0.25) is 0 Å². The van der Waals surface area contributed by atoms with Crippen LogP contribution < -0.4 is 5.73 Å². The van der Waals surface area contributed by atoms with Gasteiger partial charge in [-0.05, 0) is 19.3 Å². The van der Waals surface area contributed by atoms with Crippen molar-refractivity contribution in [2.75, 3.05) is 18.8 Å². The van der Waals surface area contributed by atoms with Crippen LogP contribution in [0, 0.1) is 0 Å². The Labute approximate surface area is 81.6 Å². The molecule has 1 heterocycles. The van der Waals surface area contributed by atoms with E-state index in [1.54, 1.807) is 4.31 Å². The Morgan fingerprint density at radius 2 is 1.92 bits per heavy atom. The number of nitrogens with zero attached hydrogens (tertiary/aromatic N) is 1. The average molecular weight is 208 g/mol. The minimum absolute atomic E-state index is 0.244. The average Bonchev–Trinajstić information content (AvgIpc) is 2.05. The molecule has 1 aliphatic rings. The third kappa shape index (κ3) is 3.11. The minimum Gasteiger partial charge on any atom is -0.328 e. The molecule has 0 unspecified atom stereocenters. The van der Waals surface area contributed by atoms with Gasteiger partial charge in [0.25, 0.3) is 0 Å². The Morgan fingerprint density at radius 1 is 1.38 bits per heavy atom. The van der Waals surface area contributed by atoms with E-state index in [2.05, 4.69) is 0 Å². The molecular weight excluding hydrogens is 188 g/mol. The summed E-state index contributed by atoms with van der Waals surface area (Å²) in [5, 5.41) is 0. The highest BCUT2D eigenvalue weighted by Crippen LogP contribution is 2.44. The maximum absolute atomic E-state index is 9.75. The first-order chi connectivity index (χ1) is 6.06. The molecule has 0 saturated carbocycles. The second kappa shape index (κ2) is 4.61. The molecule has 80 valence electrons. The molecule has 0 aromatic carbocycles. The second-order valence-electron chi connectivity index (χ2n) is 3.60. The van der Waals surface area contributed by atoms with Gasteiger partial charge >= 0.3 is 0 Å². The van der Waals surface area contributed by atoms with Gasteiger partial charge in [0, 0.05) is 19.1 Å². The van der Waals surface area contributed by atoms with Crippen LogP contribution in [0.25, 0.3) is 0 Å². The molecule has 13 heavy (non-hydrogen) atoms. The van der Waals surface area contributed by atoms with E-state index in [-0.39, 0.29) is 6.04 Å². The standard InChI is InChI=1S/C8H20N2O2S/c1-2-7-13(11,12)10-5-3-8(9)4-6-10/h8,11-12H,2-7,9H2,1H3. The summed E-state index contributed by atoms with van der Waals surface area (Å²) in [5.74, 6) is 0.488. The number of nitrogens with two attached hydrogens (primary N) is 1. The van der Waals surface area contributed by atoms with E-state index in [9.17, 15) is 9.11 Å². The maximum atomic E-state index is 9.75. The van der Waals surface area contributed by atoms with Gasteiger partial charge in [0.1, 0.15) is 0 Å². The summed E-state index contributed by atoms with van der Waals surface area (Å²) in [5.41, 5.74) is 5.73. The molecule has 5 heteroatoms. The van der Waals surface area contributed by atoms with Crippen LogP contribution in [0.4, 0.5) is 0 Å². The smallest absolute Gasteiger partial charge is 0.0528 e. The normalized spacial score (nSPS) is 23.4. The van der Waals surface area contributed by atoms with Crippen molar-refractivity contribution in [2.45, 2.75) is 32.2 Å². The van der Waals surface area contributed by atoms with Crippen molar-refractivity contribution in [2.24, 2.45) is 5.73 Å². The monoisotopic (exact) mass is 208 g/mol. The van der Waals surface area contributed by atoms with Crippen molar-refractivity contribution in [3.05, 3.63) is 0 Å². The van der Waals surface area contributed by atoms with E-state index in [0.29, 0.717) is 5.75 Å². The highest BCUT2D eigenvalue weighted by Gasteiger charge is 2.25. The van der Waals surface area contributed by atoms with Crippen LogP contribution in [0.5, 0.6) is 0 Å². The third-order valence-electron chi connectivity index (χ3n) is 2.39. The summed E-state index contributed by atoms with van der Waals surface area (Å²) >= 11 is 0. The van der Waals surface area contributed by atoms with E-state index >= 15 is 0 Å². The van der Waals surface area contributed by atoms with Gasteiger partial charge in [-0.3, -0.25) is 9.11 Å². The Balaban J connectivity index is 2.42. The van der Waals surface area contributed by atoms with Crippen molar-refractivity contribution in [3.8, 4) is 0 Å². The molecule has 1 fully saturated rings. The zero-order valence-corrected chi connectivity index (χ0v) is 8.96. The first-order valence-electron chi connectivity index (χ1n) is 4.83. The van der Waals surface area contributed by atoms with E-state index in [1.807, 2.05) is 6.92 Å². The third-order valence-corrected chi connectivity index (χ3v) is 4.54. The van der Waals surface area contributed by atoms with Crippen molar-refractivity contribution >= 4 is 10.8 Å². The molecule has 0 aromatic heterocycles. The molecule has 0 amide bonds. The zero-order valence-electron chi connectivity index (χ0n) is 8.15. The number of hydrogen-bond acceptors (Lipinski definition) is 4. The van der Waals surface area contributed by atoms with Crippen LogP contribution in [0.1, 0.15) is 26.2 Å². The highest BCUT2D eigenvalue weighted by atomic mass is 32.3. The van der Waals surface area contributed by atoms with Gasteiger partial charge in [-0.2, -0.15) is 0 Å². The van der Waals surface area contributed by atoms with Crippen LogP contribution in [-0.4, -0.2) is 38.3 Å². The fraction of sp³-hybridized carbons (Fsp3) is 1.00. The molecule has 1 saturated heterocycles. The molecule has 1 rings (SSSR count). The molecule has 1 aliphatic heterocycles. The molecule has 4 nitrogen and oxygen atoms in total. The SMILES string of the molecule is CCCS(O)(O)N1CCC(N)CC1. The van der Waals surface area contributed by atoms with Crippen molar-refractivity contribution in [3.63, 3.8) is 0 Å². The fourth-order valence-electron chi connectivity index (χ4n) is 1.57. The van der Waals surface area contributed by atoms with Gasteiger partial charge in [-0.1, -0.05) is 6.92 Å². The van der Waals surface area contributed by atoms with Crippen molar-refractivity contribution in [1.29, 1.82) is 0 Å². The first kappa shape index (κ1) is 11.3. The molecule has 0 aromatic rings. The van der Waals surface area contributed by atoms with E-state index < -0.39 is 10.8 Å². The molecule has 0 atom stereocenters. The largest absolute Gasteiger partial charge is 0.328 e. The minimum atomic E-state index is -2.48. The Kier molecular flexibility index (Phi) is 4.00. The molecule has 4 N–H and O–H groups in total. The van der Waals surface area contributed by atoms with E-state index in [1.165, 1.54) is 0 Å². The van der Waals surface area contributed by atoms with Gasteiger partial charge in [-0.25, -0.2) is 4.31 Å². The lowest BCUT2D eigenvalue weighted by Gasteiger charge is -2.45. The van der Waals surface area contributed by atoms with Gasteiger partial charge < -0.3 is 5.73 Å². The fourth-order valence-corrected chi connectivity index (χ4v) is 3.17. The predicted octanol–water partition coefficient (Wildman–Crippen LogP) is 1.49. The molecule has 0 radical (unpaired) electrons. The van der Waals surface area contributed by atoms with Crippen molar-refractivity contribution < 1.29 is 9.11 Å². The highest BCUT2D eigenvalue weighted by molar-refractivity contribution is 8.22. The maximum Gasteiger partial charge on any atom is 0.0528 e. The van der Waals surface area contributed by atoms with E-state index in [4.69, 9.17) is 5.73 Å². The molecule has 0 aliphatic carbocycles. The summed E-state index contributed by atoms with van der Waals surface area (Å²) in [7, 11) is -2.48. The Hall–Kier alpha value is 0.190. The predicted molar refractivity (Wildman–Crippen MR) is 56.8 cm³/mol. The quantitative estimate of drug-likeness (QED) is 0.657. The lowest BCUT2D eigenvalue weighted by molar-refractivity contribution is 0.286. The summed E-state index contributed by atoms with van der Waals surface area (Å²) in [6.07, 6.45) is 2.56. The van der Waals surface area contributed by atoms with Gasteiger partial charge in [0.2, 0.25) is 0 Å². The van der Waals surface area contributed by atoms with Crippen LogP contribution >= 0.6 is 10.8 Å². The molecule has 0 bridgehead atoms. The second-order valence-corrected chi connectivity index (χ2v) is 5.79. The summed E-state index contributed by atoms with van der Waals surface area (Å²) < 4.78 is 21.3. The lowest BCUT2D eigenvalue weighted by atomic mass is 10.1. The van der Waals surface area contributed by atoms with Crippen molar-refractivity contribution in [1.82, 2.24) is 4.31 Å². The van der Waals surface area contributed by atoms with Gasteiger partial charge in [-0.15, -0.1) is 10.8 Å².